The number of carbonyl (C=O) groups is 1. The van der Waals surface area contributed by atoms with Gasteiger partial charge >= 0.3 is 6.01 Å². The quantitative estimate of drug-likeness (QED) is 0.467. The summed E-state index contributed by atoms with van der Waals surface area (Å²) in [6, 6.07) is 11.9. The van der Waals surface area contributed by atoms with E-state index in [0.717, 1.165) is 22.5 Å². The lowest BCUT2D eigenvalue weighted by Gasteiger charge is -2.33. The van der Waals surface area contributed by atoms with Crippen molar-refractivity contribution >= 4 is 22.8 Å². The summed E-state index contributed by atoms with van der Waals surface area (Å²) in [5.41, 5.74) is 1.99. The number of benzene rings is 2. The molecule has 0 unspecified atom stereocenters. The number of ether oxygens (including phenoxy) is 2. The summed E-state index contributed by atoms with van der Waals surface area (Å²) in [7, 11) is 3.21. The van der Waals surface area contributed by atoms with Crippen LogP contribution in [0.4, 0.5) is 10.3 Å². The Morgan fingerprint density at radius 1 is 1.17 bits per heavy atom. The zero-order valence-corrected chi connectivity index (χ0v) is 19.7. The molecule has 1 amide bonds. The van der Waals surface area contributed by atoms with Gasteiger partial charge in [0.2, 0.25) is 5.95 Å². The molecule has 0 aliphatic carbocycles. The van der Waals surface area contributed by atoms with Crippen molar-refractivity contribution in [2.45, 2.75) is 13.0 Å². The molecule has 0 radical (unpaired) electrons. The van der Waals surface area contributed by atoms with Gasteiger partial charge in [-0.25, -0.2) is 4.39 Å². The summed E-state index contributed by atoms with van der Waals surface area (Å²) in [4.78, 5) is 32.4. The van der Waals surface area contributed by atoms with Gasteiger partial charge in [0.05, 0.1) is 19.3 Å². The van der Waals surface area contributed by atoms with Gasteiger partial charge in [0.25, 0.3) is 5.91 Å². The molecule has 4 aromatic rings. The van der Waals surface area contributed by atoms with Gasteiger partial charge in [0, 0.05) is 48.9 Å². The van der Waals surface area contributed by atoms with E-state index in [9.17, 15) is 9.18 Å². The number of H-pyrrole nitrogens is 1. The van der Waals surface area contributed by atoms with Gasteiger partial charge in [0.15, 0.2) is 17.4 Å². The maximum atomic E-state index is 14.8. The van der Waals surface area contributed by atoms with Crippen molar-refractivity contribution in [1.29, 1.82) is 0 Å². The number of hydrogen-bond donors (Lipinski definition) is 1. The Kier molecular flexibility index (Phi) is 6.04. The molecule has 1 atom stereocenters. The minimum Gasteiger partial charge on any atom is -0.421 e. The molecule has 0 saturated carbocycles. The van der Waals surface area contributed by atoms with Gasteiger partial charge in [-0.1, -0.05) is 0 Å². The standard InChI is InChI=1S/C25H25FN6O3/c1-15-14-34-11-10-32(15)24-28-22(17-4-6-20-16(12-17)8-9-27-20)29-25(30-24)35-21-7-5-18(13-19(21)26)23(33)31(2)3/h4-9,12-13,15,27H,10-11,14H2,1-3H3/t15-/m0/s1. The number of nitrogens with one attached hydrogen (secondary N) is 1. The minimum absolute atomic E-state index is 0.0385. The summed E-state index contributed by atoms with van der Waals surface area (Å²) in [6.45, 7) is 3.72. The number of aromatic amines is 1. The highest BCUT2D eigenvalue weighted by molar-refractivity contribution is 5.94. The Labute approximate surface area is 201 Å². The van der Waals surface area contributed by atoms with Gasteiger partial charge in [-0.2, -0.15) is 15.0 Å². The number of hydrogen-bond acceptors (Lipinski definition) is 7. The van der Waals surface area contributed by atoms with Crippen LogP contribution in [0.1, 0.15) is 17.3 Å². The Morgan fingerprint density at radius 2 is 2.03 bits per heavy atom. The molecule has 9 nitrogen and oxygen atoms in total. The summed E-state index contributed by atoms with van der Waals surface area (Å²) in [5.74, 6) is -0.239. The number of morpholine rings is 1. The van der Waals surface area contributed by atoms with Crippen molar-refractivity contribution in [3.63, 3.8) is 0 Å². The molecule has 1 aliphatic rings. The van der Waals surface area contributed by atoms with Crippen LogP contribution in [-0.4, -0.2) is 70.6 Å². The summed E-state index contributed by atoms with van der Waals surface area (Å²) in [5, 5.41) is 1.01. The number of rotatable bonds is 5. The van der Waals surface area contributed by atoms with Crippen molar-refractivity contribution in [3.05, 3.63) is 60.0 Å². The summed E-state index contributed by atoms with van der Waals surface area (Å²) in [6.07, 6.45) is 1.87. The average Bonchev–Trinajstić information content (AvgIpc) is 3.33. The smallest absolute Gasteiger partial charge is 0.327 e. The molecule has 2 aromatic heterocycles. The predicted molar refractivity (Wildman–Crippen MR) is 129 cm³/mol. The normalized spacial score (nSPS) is 15.9. The number of aromatic nitrogens is 4. The third-order valence-electron chi connectivity index (χ3n) is 5.83. The molecule has 1 saturated heterocycles. The van der Waals surface area contributed by atoms with Crippen molar-refractivity contribution in [2.75, 3.05) is 38.8 Å². The second kappa shape index (κ2) is 9.30. The van der Waals surface area contributed by atoms with E-state index in [0.29, 0.717) is 31.5 Å². The van der Waals surface area contributed by atoms with Crippen LogP contribution in [0.15, 0.2) is 48.7 Å². The van der Waals surface area contributed by atoms with Gasteiger partial charge in [-0.15, -0.1) is 0 Å². The number of anilines is 1. The number of fused-ring (bicyclic) bond motifs is 1. The Balaban J connectivity index is 1.54. The van der Waals surface area contributed by atoms with Crippen molar-refractivity contribution in [3.8, 4) is 23.1 Å². The predicted octanol–water partition coefficient (Wildman–Crippen LogP) is 3.88. The molecule has 1 fully saturated rings. The van der Waals surface area contributed by atoms with Crippen molar-refractivity contribution in [1.82, 2.24) is 24.8 Å². The molecule has 10 heteroatoms. The van der Waals surface area contributed by atoms with E-state index >= 15 is 0 Å². The topological polar surface area (TPSA) is 96.5 Å². The number of amides is 1. The fourth-order valence-corrected chi connectivity index (χ4v) is 3.94. The van der Waals surface area contributed by atoms with Crippen LogP contribution in [0.2, 0.25) is 0 Å². The fraction of sp³-hybridized carbons (Fsp3) is 0.280. The van der Waals surface area contributed by atoms with E-state index in [1.807, 2.05) is 42.3 Å². The SMILES string of the molecule is C[C@H]1COCCN1c1nc(Oc2ccc(C(=O)N(C)C)cc2F)nc(-c2ccc3[nH]ccc3c2)n1. The second-order valence-electron chi connectivity index (χ2n) is 8.59. The highest BCUT2D eigenvalue weighted by atomic mass is 19.1. The first-order chi connectivity index (χ1) is 16.9. The van der Waals surface area contributed by atoms with E-state index in [-0.39, 0.29) is 29.3 Å². The molecule has 3 heterocycles. The third-order valence-corrected chi connectivity index (χ3v) is 5.83. The second-order valence-corrected chi connectivity index (χ2v) is 8.59. The lowest BCUT2D eigenvalue weighted by molar-refractivity contribution is 0.0827. The van der Waals surface area contributed by atoms with Crippen molar-refractivity contribution < 1.29 is 18.7 Å². The lowest BCUT2D eigenvalue weighted by atomic mass is 10.1. The van der Waals surface area contributed by atoms with E-state index < -0.39 is 5.82 Å². The monoisotopic (exact) mass is 476 g/mol. The zero-order valence-electron chi connectivity index (χ0n) is 19.7. The Hall–Kier alpha value is -4.05. The lowest BCUT2D eigenvalue weighted by Crippen LogP contribution is -2.44. The van der Waals surface area contributed by atoms with E-state index in [1.54, 1.807) is 14.1 Å². The first kappa shape index (κ1) is 22.7. The van der Waals surface area contributed by atoms with Gasteiger partial charge < -0.3 is 24.3 Å². The minimum atomic E-state index is -0.685. The van der Waals surface area contributed by atoms with Gasteiger partial charge in [-0.05, 0) is 49.4 Å². The highest BCUT2D eigenvalue weighted by Gasteiger charge is 2.24. The molecule has 35 heavy (non-hydrogen) atoms. The van der Waals surface area contributed by atoms with Crippen LogP contribution < -0.4 is 9.64 Å². The molecule has 0 bridgehead atoms. The summed E-state index contributed by atoms with van der Waals surface area (Å²) < 4.78 is 26.2. The van der Waals surface area contributed by atoms with Gasteiger partial charge in [0.1, 0.15) is 0 Å². The highest BCUT2D eigenvalue weighted by Crippen LogP contribution is 2.29. The first-order valence-corrected chi connectivity index (χ1v) is 11.3. The van der Waals surface area contributed by atoms with Crippen LogP contribution >= 0.6 is 0 Å². The molecule has 0 spiro atoms. The largest absolute Gasteiger partial charge is 0.421 e. The molecule has 180 valence electrons. The van der Waals surface area contributed by atoms with Crippen LogP contribution in [-0.2, 0) is 4.74 Å². The van der Waals surface area contributed by atoms with Crippen molar-refractivity contribution in [2.24, 2.45) is 0 Å². The molecule has 5 rings (SSSR count). The Morgan fingerprint density at radius 3 is 2.80 bits per heavy atom. The summed E-state index contributed by atoms with van der Waals surface area (Å²) >= 11 is 0. The maximum Gasteiger partial charge on any atom is 0.327 e. The maximum absolute atomic E-state index is 14.8. The fourth-order valence-electron chi connectivity index (χ4n) is 3.94. The number of carbonyl (C=O) groups excluding carboxylic acids is 1. The molecule has 1 N–H and O–H groups in total. The first-order valence-electron chi connectivity index (χ1n) is 11.3. The molecular formula is C25H25FN6O3. The third kappa shape index (κ3) is 4.65. The average molecular weight is 477 g/mol. The van der Waals surface area contributed by atoms with Crippen LogP contribution in [0, 0.1) is 5.82 Å². The van der Waals surface area contributed by atoms with E-state index in [1.165, 1.54) is 17.0 Å². The zero-order chi connectivity index (χ0) is 24.5. The molecule has 1 aliphatic heterocycles. The van der Waals surface area contributed by atoms with Crippen LogP contribution in [0.25, 0.3) is 22.3 Å². The molecular weight excluding hydrogens is 451 g/mol. The van der Waals surface area contributed by atoms with Crippen LogP contribution in [0.3, 0.4) is 0 Å². The number of nitrogens with zero attached hydrogens (tertiary/aromatic N) is 5. The molecule has 2 aromatic carbocycles. The number of halogens is 1. The van der Waals surface area contributed by atoms with E-state index in [2.05, 4.69) is 15.0 Å². The van der Waals surface area contributed by atoms with Gasteiger partial charge in [-0.3, -0.25) is 4.79 Å². The van der Waals surface area contributed by atoms with Crippen LogP contribution in [0.5, 0.6) is 11.8 Å². The Bertz CT molecular complexity index is 1390. The van der Waals surface area contributed by atoms with E-state index in [4.69, 9.17) is 14.5 Å².